The van der Waals surface area contributed by atoms with Crippen molar-refractivity contribution in [3.8, 4) is 17.2 Å². The third kappa shape index (κ3) is 5.89. The number of pyridine rings is 1. The molecule has 1 aromatic carbocycles. The molecule has 8 nitrogen and oxygen atoms in total. The molecule has 2 aromatic heterocycles. The van der Waals surface area contributed by atoms with E-state index in [0.29, 0.717) is 48.5 Å². The smallest absolute Gasteiger partial charge is 0.147 e. The summed E-state index contributed by atoms with van der Waals surface area (Å²) in [6, 6.07) is 9.34. The number of rotatable bonds is 11. The summed E-state index contributed by atoms with van der Waals surface area (Å²) in [7, 11) is 3.24. The highest BCUT2D eigenvalue weighted by Crippen LogP contribution is 2.36. The van der Waals surface area contributed by atoms with Crippen molar-refractivity contribution in [3.05, 3.63) is 42.2 Å². The second kappa shape index (κ2) is 11.1. The zero-order chi connectivity index (χ0) is 23.2. The number of fused-ring (bicyclic) bond motifs is 1. The lowest BCUT2D eigenvalue weighted by Gasteiger charge is -2.19. The highest BCUT2D eigenvalue weighted by atomic mass is 32.2. The summed E-state index contributed by atoms with van der Waals surface area (Å²) < 4.78 is 22.9. The number of H-pyrrole nitrogens is 1. The van der Waals surface area contributed by atoms with E-state index in [9.17, 15) is 4.79 Å². The van der Waals surface area contributed by atoms with Crippen LogP contribution < -0.4 is 9.47 Å². The molecule has 0 aliphatic carbocycles. The van der Waals surface area contributed by atoms with E-state index in [0.717, 1.165) is 27.9 Å². The first-order valence-electron chi connectivity index (χ1n) is 10.4. The summed E-state index contributed by atoms with van der Waals surface area (Å²) in [6.07, 6.45) is 2.74. The molecule has 1 aliphatic heterocycles. The van der Waals surface area contributed by atoms with Gasteiger partial charge in [-0.2, -0.15) is 0 Å². The number of thioether (sulfide) groups is 1. The summed E-state index contributed by atoms with van der Waals surface area (Å²) in [5.74, 6) is 1.80. The number of hydrogen-bond donors (Lipinski definition) is 2. The number of benzene rings is 1. The van der Waals surface area contributed by atoms with Crippen LogP contribution in [0.1, 0.15) is 12.1 Å². The number of aldehydes is 1. The van der Waals surface area contributed by atoms with Gasteiger partial charge in [-0.3, -0.25) is 4.99 Å². The van der Waals surface area contributed by atoms with Crippen molar-refractivity contribution in [2.75, 3.05) is 34.0 Å². The van der Waals surface area contributed by atoms with Gasteiger partial charge in [0.2, 0.25) is 0 Å². The lowest BCUT2D eigenvalue weighted by molar-refractivity contribution is -0.107. The molecule has 1 aliphatic rings. The van der Waals surface area contributed by atoms with E-state index in [1.807, 2.05) is 18.2 Å². The minimum absolute atomic E-state index is 0.175. The van der Waals surface area contributed by atoms with Gasteiger partial charge in [-0.1, -0.05) is 11.8 Å². The average Bonchev–Trinajstić information content (AvgIpc) is 3.43. The number of aromatic amines is 1. The average molecular weight is 488 g/mol. The zero-order valence-electron chi connectivity index (χ0n) is 18.3. The SMILES string of the molecule is COCC(COC)Oc1cc(Oc2ccc(S)nc2)cc2cc(C3=NCC(CC=O)S3)[nH]c12. The molecule has 1 atom stereocenters. The molecule has 3 aromatic rings. The highest BCUT2D eigenvalue weighted by Gasteiger charge is 2.23. The molecule has 0 saturated carbocycles. The van der Waals surface area contributed by atoms with Crippen LogP contribution in [0.15, 0.2) is 46.5 Å². The van der Waals surface area contributed by atoms with E-state index in [1.165, 1.54) is 0 Å². The van der Waals surface area contributed by atoms with Crippen LogP contribution in [-0.2, 0) is 14.3 Å². The maximum absolute atomic E-state index is 10.9. The van der Waals surface area contributed by atoms with Crippen LogP contribution in [0.2, 0.25) is 0 Å². The third-order valence-corrected chi connectivity index (χ3v) is 6.44. The first kappa shape index (κ1) is 23.6. The lowest BCUT2D eigenvalue weighted by Crippen LogP contribution is -2.27. The molecule has 0 spiro atoms. The van der Waals surface area contributed by atoms with Gasteiger partial charge >= 0.3 is 0 Å². The number of hydrogen-bond acceptors (Lipinski definition) is 9. The van der Waals surface area contributed by atoms with Crippen LogP contribution in [0.25, 0.3) is 10.9 Å². The van der Waals surface area contributed by atoms with Crippen molar-refractivity contribution in [2.45, 2.75) is 22.8 Å². The Kier molecular flexibility index (Phi) is 7.92. The van der Waals surface area contributed by atoms with Gasteiger partial charge in [-0.05, 0) is 24.3 Å². The minimum atomic E-state index is -0.300. The van der Waals surface area contributed by atoms with Gasteiger partial charge in [0.05, 0.1) is 42.2 Å². The molecule has 0 fully saturated rings. The van der Waals surface area contributed by atoms with Crippen LogP contribution in [0.5, 0.6) is 17.2 Å². The molecular formula is C23H25N3O5S2. The van der Waals surface area contributed by atoms with Crippen LogP contribution in [0.4, 0.5) is 0 Å². The van der Waals surface area contributed by atoms with Crippen molar-refractivity contribution in [2.24, 2.45) is 4.99 Å². The van der Waals surface area contributed by atoms with Crippen molar-refractivity contribution < 1.29 is 23.7 Å². The number of ether oxygens (including phenoxy) is 4. The Hall–Kier alpha value is -2.53. The van der Waals surface area contributed by atoms with Gasteiger partial charge in [-0.25, -0.2) is 4.98 Å². The van der Waals surface area contributed by atoms with E-state index < -0.39 is 0 Å². The van der Waals surface area contributed by atoms with Crippen molar-refractivity contribution in [3.63, 3.8) is 0 Å². The minimum Gasteiger partial charge on any atom is -0.483 e. The van der Waals surface area contributed by atoms with E-state index in [1.54, 1.807) is 44.3 Å². The Labute approximate surface area is 201 Å². The Balaban J connectivity index is 1.68. The number of thiol groups is 1. The first-order chi connectivity index (χ1) is 16.1. The molecule has 1 unspecified atom stereocenters. The quantitative estimate of drug-likeness (QED) is 0.310. The molecule has 0 radical (unpaired) electrons. The normalized spacial score (nSPS) is 15.8. The molecule has 0 saturated heterocycles. The molecule has 3 heterocycles. The highest BCUT2D eigenvalue weighted by molar-refractivity contribution is 8.15. The Morgan fingerprint density at radius 1 is 1.21 bits per heavy atom. The molecule has 174 valence electrons. The Morgan fingerprint density at radius 2 is 2.03 bits per heavy atom. The van der Waals surface area contributed by atoms with Crippen LogP contribution >= 0.6 is 24.4 Å². The summed E-state index contributed by atoms with van der Waals surface area (Å²) in [5, 5.41) is 2.58. The van der Waals surface area contributed by atoms with Gasteiger partial charge in [-0.15, -0.1) is 12.6 Å². The first-order valence-corrected chi connectivity index (χ1v) is 11.7. The summed E-state index contributed by atoms with van der Waals surface area (Å²) in [4.78, 5) is 23.1. The van der Waals surface area contributed by atoms with Gasteiger partial charge in [0.1, 0.15) is 34.7 Å². The van der Waals surface area contributed by atoms with Gasteiger partial charge < -0.3 is 28.7 Å². The number of aliphatic imine (C=N–C) groups is 1. The second-order valence-electron chi connectivity index (χ2n) is 7.46. The van der Waals surface area contributed by atoms with E-state index >= 15 is 0 Å². The zero-order valence-corrected chi connectivity index (χ0v) is 20.0. The number of nitrogens with one attached hydrogen (secondary N) is 1. The number of carbonyl (C=O) groups is 1. The van der Waals surface area contributed by atoms with E-state index in [-0.39, 0.29) is 11.4 Å². The summed E-state index contributed by atoms with van der Waals surface area (Å²) in [5.41, 5.74) is 1.70. The summed E-state index contributed by atoms with van der Waals surface area (Å²) in [6.45, 7) is 1.37. The van der Waals surface area contributed by atoms with Crippen LogP contribution in [-0.4, -0.2) is 66.6 Å². The van der Waals surface area contributed by atoms with Crippen molar-refractivity contribution >= 4 is 46.6 Å². The van der Waals surface area contributed by atoms with Crippen LogP contribution in [0, 0.1) is 0 Å². The Bertz CT molecular complexity index is 1130. The standard InChI is InChI=1S/C23H25N3O5S2/c1-28-12-17(13-29-2)31-20-9-16(30-15-3-4-21(32)24-10-15)7-14-8-19(26-22(14)20)23-25-11-18(33-23)5-6-27/h3-4,6-10,17-18,26H,5,11-13H2,1-2H3,(H,24,32). The predicted molar refractivity (Wildman–Crippen MR) is 131 cm³/mol. The fraction of sp³-hybridized carbons (Fsp3) is 0.348. The second-order valence-corrected chi connectivity index (χ2v) is 9.21. The number of methoxy groups -OCH3 is 2. The molecule has 33 heavy (non-hydrogen) atoms. The number of nitrogens with zero attached hydrogens (tertiary/aromatic N) is 2. The lowest BCUT2D eigenvalue weighted by atomic mass is 10.2. The molecule has 0 amide bonds. The molecule has 4 rings (SSSR count). The maximum atomic E-state index is 10.9. The fourth-order valence-electron chi connectivity index (χ4n) is 3.48. The van der Waals surface area contributed by atoms with Gasteiger partial charge in [0.15, 0.2) is 0 Å². The number of aromatic nitrogens is 2. The Morgan fingerprint density at radius 3 is 2.73 bits per heavy atom. The number of carbonyl (C=O) groups excluding carboxylic acids is 1. The monoisotopic (exact) mass is 487 g/mol. The molecule has 10 heteroatoms. The van der Waals surface area contributed by atoms with Gasteiger partial charge in [0, 0.05) is 37.3 Å². The maximum Gasteiger partial charge on any atom is 0.147 e. The third-order valence-electron chi connectivity index (χ3n) is 4.93. The summed E-state index contributed by atoms with van der Waals surface area (Å²) >= 11 is 5.83. The van der Waals surface area contributed by atoms with Crippen LogP contribution in [0.3, 0.4) is 0 Å². The van der Waals surface area contributed by atoms with E-state index in [2.05, 4.69) is 27.6 Å². The van der Waals surface area contributed by atoms with Crippen molar-refractivity contribution in [1.82, 2.24) is 9.97 Å². The molecule has 1 N–H and O–H groups in total. The van der Waals surface area contributed by atoms with E-state index in [4.69, 9.17) is 18.9 Å². The fourth-order valence-corrected chi connectivity index (χ4v) is 4.64. The predicted octanol–water partition coefficient (Wildman–Crippen LogP) is 4.14. The molecular weight excluding hydrogens is 462 g/mol. The topological polar surface area (TPSA) is 95.0 Å². The van der Waals surface area contributed by atoms with Gasteiger partial charge in [0.25, 0.3) is 0 Å². The largest absolute Gasteiger partial charge is 0.483 e. The molecule has 0 bridgehead atoms. The van der Waals surface area contributed by atoms with Crippen molar-refractivity contribution in [1.29, 1.82) is 0 Å².